The van der Waals surface area contributed by atoms with Crippen molar-refractivity contribution in [2.45, 2.75) is 33.1 Å². The van der Waals surface area contributed by atoms with Gasteiger partial charge in [0.1, 0.15) is 5.82 Å². The summed E-state index contributed by atoms with van der Waals surface area (Å²) in [5.74, 6) is -0.130. The molecule has 0 amide bonds. The molecule has 0 aliphatic rings. The molecule has 0 fully saturated rings. The van der Waals surface area contributed by atoms with E-state index in [0.717, 1.165) is 50.1 Å². The molecule has 0 aromatic heterocycles. The molecule has 1 N–H and O–H groups in total. The van der Waals surface area contributed by atoms with Gasteiger partial charge in [-0.05, 0) is 68.5 Å². The standard InChI is InChI=1S/C15H24FNO/c1-12-10-14(16)11-13(2)15(12)6-4-5-7-17-8-9-18-3/h10-11,17H,4-9H2,1-3H3. The first kappa shape index (κ1) is 15.1. The van der Waals surface area contributed by atoms with E-state index < -0.39 is 0 Å². The molecule has 2 nitrogen and oxygen atoms in total. The van der Waals surface area contributed by atoms with E-state index in [4.69, 9.17) is 4.74 Å². The summed E-state index contributed by atoms with van der Waals surface area (Å²) >= 11 is 0. The molecule has 1 aromatic carbocycles. The second-order valence-electron chi connectivity index (χ2n) is 4.72. The van der Waals surface area contributed by atoms with E-state index >= 15 is 0 Å². The van der Waals surface area contributed by atoms with Gasteiger partial charge in [-0.15, -0.1) is 0 Å². The van der Waals surface area contributed by atoms with Gasteiger partial charge in [-0.2, -0.15) is 0 Å². The highest BCUT2D eigenvalue weighted by Crippen LogP contribution is 2.18. The monoisotopic (exact) mass is 253 g/mol. The average molecular weight is 253 g/mol. The van der Waals surface area contributed by atoms with Gasteiger partial charge in [0, 0.05) is 13.7 Å². The molecular formula is C15H24FNO. The molecule has 1 rings (SSSR count). The molecule has 0 heterocycles. The summed E-state index contributed by atoms with van der Waals surface area (Å²) in [5.41, 5.74) is 3.44. The van der Waals surface area contributed by atoms with Crippen molar-refractivity contribution in [3.05, 3.63) is 34.6 Å². The SMILES string of the molecule is COCCNCCCCc1c(C)cc(F)cc1C. The van der Waals surface area contributed by atoms with E-state index in [0.29, 0.717) is 0 Å². The maximum Gasteiger partial charge on any atom is 0.123 e. The van der Waals surface area contributed by atoms with Crippen LogP contribution in [0, 0.1) is 19.7 Å². The lowest BCUT2D eigenvalue weighted by Gasteiger charge is -2.10. The molecule has 1 aromatic rings. The maximum absolute atomic E-state index is 13.1. The Morgan fingerprint density at radius 1 is 1.11 bits per heavy atom. The van der Waals surface area contributed by atoms with Crippen LogP contribution in [0.2, 0.25) is 0 Å². The third-order valence-electron chi connectivity index (χ3n) is 3.17. The predicted octanol–water partition coefficient (Wildman–Crippen LogP) is 3.00. The minimum atomic E-state index is -0.130. The van der Waals surface area contributed by atoms with Crippen molar-refractivity contribution in [1.29, 1.82) is 0 Å². The van der Waals surface area contributed by atoms with Crippen molar-refractivity contribution in [2.24, 2.45) is 0 Å². The van der Waals surface area contributed by atoms with Crippen molar-refractivity contribution in [1.82, 2.24) is 5.32 Å². The van der Waals surface area contributed by atoms with Crippen LogP contribution in [0.3, 0.4) is 0 Å². The van der Waals surface area contributed by atoms with Crippen LogP contribution in [0.15, 0.2) is 12.1 Å². The highest BCUT2D eigenvalue weighted by molar-refractivity contribution is 5.34. The lowest BCUT2D eigenvalue weighted by Crippen LogP contribution is -2.20. The summed E-state index contributed by atoms with van der Waals surface area (Å²) in [4.78, 5) is 0. The topological polar surface area (TPSA) is 21.3 Å². The van der Waals surface area contributed by atoms with Gasteiger partial charge in [0.15, 0.2) is 0 Å². The van der Waals surface area contributed by atoms with Crippen molar-refractivity contribution in [3.8, 4) is 0 Å². The van der Waals surface area contributed by atoms with Crippen molar-refractivity contribution < 1.29 is 9.13 Å². The van der Waals surface area contributed by atoms with E-state index in [1.807, 2.05) is 13.8 Å². The van der Waals surface area contributed by atoms with E-state index in [-0.39, 0.29) is 5.82 Å². The molecule has 0 saturated heterocycles. The smallest absolute Gasteiger partial charge is 0.123 e. The van der Waals surface area contributed by atoms with Crippen molar-refractivity contribution in [3.63, 3.8) is 0 Å². The largest absolute Gasteiger partial charge is 0.383 e. The molecule has 18 heavy (non-hydrogen) atoms. The summed E-state index contributed by atoms with van der Waals surface area (Å²) in [6, 6.07) is 3.25. The number of benzene rings is 1. The Kier molecular flexibility index (Phi) is 6.91. The van der Waals surface area contributed by atoms with Gasteiger partial charge < -0.3 is 10.1 Å². The van der Waals surface area contributed by atoms with Gasteiger partial charge >= 0.3 is 0 Å². The van der Waals surface area contributed by atoms with Crippen LogP contribution >= 0.6 is 0 Å². The number of methoxy groups -OCH3 is 1. The van der Waals surface area contributed by atoms with Gasteiger partial charge in [0.2, 0.25) is 0 Å². The molecule has 0 aliphatic heterocycles. The number of hydrogen-bond acceptors (Lipinski definition) is 2. The van der Waals surface area contributed by atoms with E-state index in [1.165, 1.54) is 5.56 Å². The van der Waals surface area contributed by atoms with Gasteiger partial charge in [-0.3, -0.25) is 0 Å². The number of nitrogens with one attached hydrogen (secondary N) is 1. The lowest BCUT2D eigenvalue weighted by molar-refractivity contribution is 0.199. The second kappa shape index (κ2) is 8.22. The molecule has 0 spiro atoms. The Hall–Kier alpha value is -0.930. The number of rotatable bonds is 8. The highest BCUT2D eigenvalue weighted by atomic mass is 19.1. The number of halogens is 1. The van der Waals surface area contributed by atoms with Crippen LogP contribution < -0.4 is 5.32 Å². The van der Waals surface area contributed by atoms with E-state index in [2.05, 4.69) is 5.32 Å². The Morgan fingerprint density at radius 2 is 1.78 bits per heavy atom. The normalized spacial score (nSPS) is 10.9. The zero-order chi connectivity index (χ0) is 13.4. The summed E-state index contributed by atoms with van der Waals surface area (Å²) in [6.07, 6.45) is 3.30. The van der Waals surface area contributed by atoms with Crippen LogP contribution in [0.1, 0.15) is 29.5 Å². The first-order chi connectivity index (χ1) is 8.65. The van der Waals surface area contributed by atoms with Crippen LogP contribution in [-0.4, -0.2) is 26.8 Å². The van der Waals surface area contributed by atoms with Crippen LogP contribution in [-0.2, 0) is 11.2 Å². The van der Waals surface area contributed by atoms with Crippen molar-refractivity contribution in [2.75, 3.05) is 26.8 Å². The Morgan fingerprint density at radius 3 is 2.39 bits per heavy atom. The summed E-state index contributed by atoms with van der Waals surface area (Å²) < 4.78 is 18.1. The number of ether oxygens (including phenoxy) is 1. The minimum absolute atomic E-state index is 0.130. The molecule has 0 unspecified atom stereocenters. The van der Waals surface area contributed by atoms with Gasteiger partial charge in [0.25, 0.3) is 0 Å². The molecule has 102 valence electrons. The number of hydrogen-bond donors (Lipinski definition) is 1. The zero-order valence-electron chi connectivity index (χ0n) is 11.7. The van der Waals surface area contributed by atoms with Gasteiger partial charge in [-0.1, -0.05) is 0 Å². The summed E-state index contributed by atoms with van der Waals surface area (Å²) in [6.45, 7) is 6.66. The molecule has 0 aliphatic carbocycles. The molecular weight excluding hydrogens is 229 g/mol. The molecule has 0 atom stereocenters. The quantitative estimate of drug-likeness (QED) is 0.719. The Bertz CT molecular complexity index is 343. The molecule has 0 radical (unpaired) electrons. The first-order valence-corrected chi connectivity index (χ1v) is 6.60. The fraction of sp³-hybridized carbons (Fsp3) is 0.600. The molecule has 3 heteroatoms. The van der Waals surface area contributed by atoms with Crippen LogP contribution in [0.25, 0.3) is 0 Å². The highest BCUT2D eigenvalue weighted by Gasteiger charge is 2.04. The minimum Gasteiger partial charge on any atom is -0.383 e. The Labute approximate surface area is 110 Å². The van der Waals surface area contributed by atoms with E-state index in [9.17, 15) is 4.39 Å². The number of aryl methyl sites for hydroxylation is 2. The fourth-order valence-electron chi connectivity index (χ4n) is 2.19. The Balaban J connectivity index is 2.27. The summed E-state index contributed by atoms with van der Waals surface area (Å²) in [5, 5.41) is 3.33. The van der Waals surface area contributed by atoms with Crippen LogP contribution in [0.4, 0.5) is 4.39 Å². The molecule has 0 saturated carbocycles. The van der Waals surface area contributed by atoms with Crippen LogP contribution in [0.5, 0.6) is 0 Å². The second-order valence-corrected chi connectivity index (χ2v) is 4.72. The average Bonchev–Trinajstić information content (AvgIpc) is 2.30. The fourth-order valence-corrected chi connectivity index (χ4v) is 2.19. The zero-order valence-corrected chi connectivity index (χ0v) is 11.7. The predicted molar refractivity (Wildman–Crippen MR) is 73.6 cm³/mol. The maximum atomic E-state index is 13.1. The first-order valence-electron chi connectivity index (χ1n) is 6.60. The van der Waals surface area contributed by atoms with Gasteiger partial charge in [0.05, 0.1) is 6.61 Å². The number of unbranched alkanes of at least 4 members (excludes halogenated alkanes) is 1. The third kappa shape index (κ3) is 5.15. The third-order valence-corrected chi connectivity index (χ3v) is 3.17. The van der Waals surface area contributed by atoms with Crippen molar-refractivity contribution >= 4 is 0 Å². The van der Waals surface area contributed by atoms with E-state index in [1.54, 1.807) is 19.2 Å². The van der Waals surface area contributed by atoms with Gasteiger partial charge in [-0.25, -0.2) is 4.39 Å². The lowest BCUT2D eigenvalue weighted by atomic mass is 9.97. The summed E-state index contributed by atoms with van der Waals surface area (Å²) in [7, 11) is 1.71. The molecule has 0 bridgehead atoms.